The van der Waals surface area contributed by atoms with Crippen molar-refractivity contribution in [1.82, 2.24) is 9.78 Å². The molecule has 0 amide bonds. The molecule has 0 aliphatic carbocycles. The number of alkyl halides is 2. The van der Waals surface area contributed by atoms with Crippen molar-refractivity contribution in [3.05, 3.63) is 33.8 Å². The lowest BCUT2D eigenvalue weighted by Crippen LogP contribution is -2.06. The molecule has 0 unspecified atom stereocenters. The van der Waals surface area contributed by atoms with Crippen molar-refractivity contribution >= 4 is 29.5 Å². The van der Waals surface area contributed by atoms with Gasteiger partial charge in [-0.15, -0.1) is 0 Å². The monoisotopic (exact) mass is 320 g/mol. The number of carbonyl (C=O) groups is 1. The molecule has 0 N–H and O–H groups in total. The van der Waals surface area contributed by atoms with E-state index in [1.54, 1.807) is 6.07 Å². The Bertz CT molecular complexity index is 659. The number of carbonyl (C=O) groups excluding carboxylic acids is 1. The number of halogens is 4. The van der Waals surface area contributed by atoms with Crippen molar-refractivity contribution in [3.63, 3.8) is 0 Å². The zero-order chi connectivity index (χ0) is 14.9. The molecule has 2 rings (SSSR count). The molecule has 2 aromatic rings. The molecule has 0 bridgehead atoms. The molecular weight excluding hydrogens is 313 g/mol. The van der Waals surface area contributed by atoms with E-state index in [4.69, 9.17) is 23.2 Å². The maximum Gasteiger partial charge on any atom is 0.388 e. The first-order valence-corrected chi connectivity index (χ1v) is 6.12. The van der Waals surface area contributed by atoms with Gasteiger partial charge in [0.15, 0.2) is 6.29 Å². The molecule has 0 saturated carbocycles. The van der Waals surface area contributed by atoms with Gasteiger partial charge in [-0.05, 0) is 12.1 Å². The van der Waals surface area contributed by atoms with Crippen molar-refractivity contribution in [2.24, 2.45) is 7.05 Å². The number of hydrogen-bond acceptors (Lipinski definition) is 3. The van der Waals surface area contributed by atoms with E-state index in [1.165, 1.54) is 19.2 Å². The third-order valence-electron chi connectivity index (χ3n) is 2.54. The minimum absolute atomic E-state index is 0.0630. The second-order valence-electron chi connectivity index (χ2n) is 3.82. The molecule has 106 valence electrons. The normalized spacial score (nSPS) is 10.9. The minimum Gasteiger partial charge on any atom is -0.416 e. The van der Waals surface area contributed by atoms with Crippen LogP contribution in [0.5, 0.6) is 5.88 Å². The topological polar surface area (TPSA) is 44.1 Å². The predicted molar refractivity (Wildman–Crippen MR) is 70.7 cm³/mol. The molecule has 0 spiro atoms. The summed E-state index contributed by atoms with van der Waals surface area (Å²) in [6.07, 6.45) is 0.583. The van der Waals surface area contributed by atoms with Crippen molar-refractivity contribution in [3.8, 4) is 17.1 Å². The first kappa shape index (κ1) is 14.7. The van der Waals surface area contributed by atoms with Crippen molar-refractivity contribution in [2.45, 2.75) is 6.61 Å². The Hall–Kier alpha value is -1.66. The summed E-state index contributed by atoms with van der Waals surface area (Å²) in [5.41, 5.74) is 0.952. The van der Waals surface area contributed by atoms with Crippen LogP contribution in [0.4, 0.5) is 8.78 Å². The summed E-state index contributed by atoms with van der Waals surface area (Å²) < 4.78 is 30.0. The van der Waals surface area contributed by atoms with Crippen LogP contribution in [0, 0.1) is 0 Å². The van der Waals surface area contributed by atoms with E-state index in [2.05, 4.69) is 9.84 Å². The lowest BCUT2D eigenvalue weighted by Gasteiger charge is -2.04. The largest absolute Gasteiger partial charge is 0.416 e. The number of benzene rings is 1. The van der Waals surface area contributed by atoms with E-state index in [-0.39, 0.29) is 27.2 Å². The predicted octanol–water partition coefficient (Wildman–Crippen LogP) is 3.81. The number of hydrogen-bond donors (Lipinski definition) is 0. The van der Waals surface area contributed by atoms with E-state index in [0.717, 1.165) is 4.68 Å². The molecule has 0 atom stereocenters. The van der Waals surface area contributed by atoms with Gasteiger partial charge in [0.2, 0.25) is 5.88 Å². The molecule has 0 aliphatic rings. The molecular formula is C12H8Cl2F2N2O2. The highest BCUT2D eigenvalue weighted by atomic mass is 35.5. The zero-order valence-corrected chi connectivity index (χ0v) is 11.6. The van der Waals surface area contributed by atoms with E-state index < -0.39 is 6.61 Å². The molecule has 8 heteroatoms. The van der Waals surface area contributed by atoms with Gasteiger partial charge in [0.1, 0.15) is 10.7 Å². The highest BCUT2D eigenvalue weighted by Crippen LogP contribution is 2.36. The van der Waals surface area contributed by atoms with Gasteiger partial charge in [-0.3, -0.25) is 4.79 Å². The van der Waals surface area contributed by atoms with E-state index >= 15 is 0 Å². The van der Waals surface area contributed by atoms with E-state index in [0.29, 0.717) is 11.8 Å². The van der Waals surface area contributed by atoms with Crippen LogP contribution in [0.1, 0.15) is 10.4 Å². The van der Waals surface area contributed by atoms with Crippen molar-refractivity contribution < 1.29 is 18.3 Å². The van der Waals surface area contributed by atoms with E-state index in [1.807, 2.05) is 0 Å². The van der Waals surface area contributed by atoms with Crippen LogP contribution in [0.25, 0.3) is 11.3 Å². The number of aryl methyl sites for hydroxylation is 1. The molecule has 0 fully saturated rings. The highest BCUT2D eigenvalue weighted by Gasteiger charge is 2.20. The standard InChI is InChI=1S/C12H8Cl2F2N2O2/c1-18-11(20-12(15)16)9(14)10(17-18)6-2-3-8(13)7(4-6)5-19/h2-5,12H,1H3. The number of rotatable bonds is 4. The quantitative estimate of drug-likeness (QED) is 0.805. The van der Waals surface area contributed by atoms with Crippen LogP contribution >= 0.6 is 23.2 Å². The molecule has 1 aromatic carbocycles. The molecule has 20 heavy (non-hydrogen) atoms. The molecule has 1 aromatic heterocycles. The first-order valence-electron chi connectivity index (χ1n) is 5.36. The van der Waals surface area contributed by atoms with Gasteiger partial charge in [0, 0.05) is 18.2 Å². The number of aromatic nitrogens is 2. The molecule has 1 heterocycles. The van der Waals surface area contributed by atoms with Crippen molar-refractivity contribution in [1.29, 1.82) is 0 Å². The van der Waals surface area contributed by atoms with Gasteiger partial charge >= 0.3 is 6.61 Å². The Morgan fingerprint density at radius 2 is 2.10 bits per heavy atom. The number of nitrogens with zero attached hydrogens (tertiary/aromatic N) is 2. The zero-order valence-electron chi connectivity index (χ0n) is 10.1. The van der Waals surface area contributed by atoms with Gasteiger partial charge < -0.3 is 4.74 Å². The van der Waals surface area contributed by atoms with Gasteiger partial charge in [0.25, 0.3) is 0 Å². The summed E-state index contributed by atoms with van der Waals surface area (Å²) in [5, 5.41) is 4.22. The second-order valence-corrected chi connectivity index (χ2v) is 4.61. The third-order valence-corrected chi connectivity index (χ3v) is 3.22. The average molecular weight is 321 g/mol. The summed E-state index contributed by atoms with van der Waals surface area (Å²) in [5.74, 6) is -0.251. The van der Waals surface area contributed by atoms with Gasteiger partial charge in [-0.25, -0.2) is 4.68 Å². The van der Waals surface area contributed by atoms with Gasteiger partial charge in [-0.2, -0.15) is 13.9 Å². The Kier molecular flexibility index (Phi) is 4.25. The Morgan fingerprint density at radius 1 is 1.40 bits per heavy atom. The van der Waals surface area contributed by atoms with Crippen LogP contribution in [-0.2, 0) is 7.05 Å². The van der Waals surface area contributed by atoms with Gasteiger partial charge in [0.05, 0.1) is 5.02 Å². The van der Waals surface area contributed by atoms with Crippen molar-refractivity contribution in [2.75, 3.05) is 0 Å². The fourth-order valence-electron chi connectivity index (χ4n) is 1.66. The smallest absolute Gasteiger partial charge is 0.388 e. The highest BCUT2D eigenvalue weighted by molar-refractivity contribution is 6.35. The second kappa shape index (κ2) is 5.76. The Morgan fingerprint density at radius 3 is 2.70 bits per heavy atom. The van der Waals surface area contributed by atoms with Crippen LogP contribution in [0.15, 0.2) is 18.2 Å². The number of ether oxygens (including phenoxy) is 1. The van der Waals surface area contributed by atoms with Crippen LogP contribution in [-0.4, -0.2) is 22.7 Å². The first-order chi connectivity index (χ1) is 9.43. The summed E-state index contributed by atoms with van der Waals surface area (Å²) >= 11 is 11.8. The number of aldehydes is 1. The molecule has 0 aliphatic heterocycles. The van der Waals surface area contributed by atoms with E-state index in [9.17, 15) is 13.6 Å². The Balaban J connectivity index is 2.51. The maximum atomic E-state index is 12.3. The average Bonchev–Trinajstić information content (AvgIpc) is 2.67. The fourth-order valence-corrected chi connectivity index (χ4v) is 2.14. The lowest BCUT2D eigenvalue weighted by atomic mass is 10.1. The summed E-state index contributed by atoms with van der Waals surface area (Å²) in [6.45, 7) is -3.01. The SMILES string of the molecule is Cn1nc(-c2ccc(Cl)c(C=O)c2)c(Cl)c1OC(F)F. The lowest BCUT2D eigenvalue weighted by molar-refractivity contribution is -0.0552. The third kappa shape index (κ3) is 2.76. The minimum atomic E-state index is -3.01. The summed E-state index contributed by atoms with van der Waals surface area (Å²) in [4.78, 5) is 10.8. The maximum absolute atomic E-state index is 12.3. The van der Waals surface area contributed by atoms with Crippen LogP contribution in [0.3, 0.4) is 0 Å². The molecule has 0 saturated heterocycles. The summed E-state index contributed by atoms with van der Waals surface area (Å²) in [6, 6.07) is 4.55. The Labute approximate surface area is 122 Å². The molecule has 4 nitrogen and oxygen atoms in total. The van der Waals surface area contributed by atoms with Gasteiger partial charge in [-0.1, -0.05) is 29.3 Å². The summed E-state index contributed by atoms with van der Waals surface area (Å²) in [7, 11) is 1.42. The van der Waals surface area contributed by atoms with Crippen LogP contribution in [0.2, 0.25) is 10.0 Å². The van der Waals surface area contributed by atoms with Crippen LogP contribution < -0.4 is 4.74 Å². The fraction of sp³-hybridized carbons (Fsp3) is 0.167. The molecule has 0 radical (unpaired) electrons.